The van der Waals surface area contributed by atoms with Gasteiger partial charge in [-0.3, -0.25) is 9.59 Å². The third-order valence-corrected chi connectivity index (χ3v) is 3.36. The molecule has 1 saturated heterocycles. The van der Waals surface area contributed by atoms with Crippen LogP contribution in [0.15, 0.2) is 0 Å². The number of amides is 2. The van der Waals surface area contributed by atoms with Crippen LogP contribution in [-0.2, 0) is 14.4 Å². The van der Waals surface area contributed by atoms with Gasteiger partial charge in [-0.25, -0.2) is 4.79 Å². The second-order valence-electron chi connectivity index (χ2n) is 4.85. The van der Waals surface area contributed by atoms with Crippen molar-refractivity contribution < 1.29 is 24.6 Å². The first kappa shape index (κ1) is 15.4. The zero-order chi connectivity index (χ0) is 14.6. The third-order valence-electron chi connectivity index (χ3n) is 3.36. The molecule has 0 unspecified atom stereocenters. The number of carbonyl (C=O) groups excluding carboxylic acids is 2. The summed E-state index contributed by atoms with van der Waals surface area (Å²) in [5, 5.41) is 20.5. The molecule has 1 heterocycles. The number of aliphatic hydroxyl groups is 1. The van der Waals surface area contributed by atoms with Crippen LogP contribution < -0.4 is 5.32 Å². The highest BCUT2D eigenvalue weighted by atomic mass is 16.4. The number of carboxylic acid groups (broad SMARTS) is 1. The van der Waals surface area contributed by atoms with E-state index in [2.05, 4.69) is 5.32 Å². The number of nitrogens with one attached hydrogen (secondary N) is 1. The molecule has 0 radical (unpaired) electrons. The fourth-order valence-corrected chi connectivity index (χ4v) is 2.12. The van der Waals surface area contributed by atoms with Gasteiger partial charge in [0.05, 0.1) is 6.10 Å². The number of likely N-dealkylation sites (tertiary alicyclic amines) is 1. The highest BCUT2D eigenvalue weighted by molar-refractivity contribution is 5.85. The van der Waals surface area contributed by atoms with Crippen molar-refractivity contribution >= 4 is 17.8 Å². The van der Waals surface area contributed by atoms with Gasteiger partial charge < -0.3 is 20.4 Å². The Labute approximate surface area is 111 Å². The average molecular weight is 272 g/mol. The molecule has 1 aliphatic rings. The number of carboxylic acids is 1. The second-order valence-corrected chi connectivity index (χ2v) is 4.85. The Morgan fingerprint density at radius 3 is 2.16 bits per heavy atom. The van der Waals surface area contributed by atoms with Crippen molar-refractivity contribution in [3.63, 3.8) is 0 Å². The van der Waals surface area contributed by atoms with Gasteiger partial charge in [0.1, 0.15) is 0 Å². The molecule has 7 heteroatoms. The lowest BCUT2D eigenvalue weighted by Gasteiger charge is -2.31. The standard InChI is InChI=1S/C12H20N2O5/c1-7(15)10(12(18)19)13-11(17)9-3-5-14(6-4-9)8(2)16/h7,9-10,15H,3-6H2,1-2H3,(H,13,17)(H,18,19)/t7-,10+/m1/s1. The van der Waals surface area contributed by atoms with Crippen LogP contribution in [0.1, 0.15) is 26.7 Å². The molecule has 19 heavy (non-hydrogen) atoms. The Morgan fingerprint density at radius 2 is 1.79 bits per heavy atom. The zero-order valence-electron chi connectivity index (χ0n) is 11.1. The number of carbonyl (C=O) groups is 3. The summed E-state index contributed by atoms with van der Waals surface area (Å²) < 4.78 is 0. The predicted octanol–water partition coefficient (Wildman–Crippen LogP) is -0.805. The maximum absolute atomic E-state index is 11.9. The second kappa shape index (κ2) is 6.51. The van der Waals surface area contributed by atoms with Gasteiger partial charge in [0, 0.05) is 25.9 Å². The van der Waals surface area contributed by atoms with Crippen molar-refractivity contribution in [2.75, 3.05) is 13.1 Å². The van der Waals surface area contributed by atoms with Crippen molar-refractivity contribution in [3.05, 3.63) is 0 Å². The molecule has 0 spiro atoms. The van der Waals surface area contributed by atoms with E-state index in [1.165, 1.54) is 13.8 Å². The van der Waals surface area contributed by atoms with E-state index in [0.29, 0.717) is 25.9 Å². The van der Waals surface area contributed by atoms with E-state index in [4.69, 9.17) is 5.11 Å². The number of nitrogens with zero attached hydrogens (tertiary/aromatic N) is 1. The summed E-state index contributed by atoms with van der Waals surface area (Å²) in [5.74, 6) is -1.97. The Kier molecular flexibility index (Phi) is 5.29. The van der Waals surface area contributed by atoms with Gasteiger partial charge in [-0.1, -0.05) is 0 Å². The predicted molar refractivity (Wildman–Crippen MR) is 66.2 cm³/mol. The van der Waals surface area contributed by atoms with E-state index in [1.807, 2.05) is 0 Å². The first-order chi connectivity index (χ1) is 8.82. The first-order valence-electron chi connectivity index (χ1n) is 6.29. The Balaban J connectivity index is 2.51. The number of piperidine rings is 1. The molecule has 0 aromatic rings. The lowest BCUT2D eigenvalue weighted by Crippen LogP contribution is -2.51. The van der Waals surface area contributed by atoms with Gasteiger partial charge in [-0.2, -0.15) is 0 Å². The van der Waals surface area contributed by atoms with Crippen molar-refractivity contribution in [1.29, 1.82) is 0 Å². The molecule has 0 aliphatic carbocycles. The molecule has 0 aromatic heterocycles. The number of hydrogen-bond acceptors (Lipinski definition) is 4. The summed E-state index contributed by atoms with van der Waals surface area (Å²) >= 11 is 0. The van der Waals surface area contributed by atoms with Gasteiger partial charge in [-0.05, 0) is 19.8 Å². The van der Waals surface area contributed by atoms with Gasteiger partial charge in [0.15, 0.2) is 6.04 Å². The Bertz CT molecular complexity index is 361. The molecule has 0 aromatic carbocycles. The summed E-state index contributed by atoms with van der Waals surface area (Å²) in [6, 6.07) is -1.29. The zero-order valence-corrected chi connectivity index (χ0v) is 11.1. The van der Waals surface area contributed by atoms with Crippen LogP contribution in [0.2, 0.25) is 0 Å². The molecule has 2 atom stereocenters. The molecular formula is C12H20N2O5. The van der Waals surface area contributed by atoms with E-state index in [1.54, 1.807) is 4.90 Å². The highest BCUT2D eigenvalue weighted by Gasteiger charge is 2.31. The minimum atomic E-state index is -1.29. The summed E-state index contributed by atoms with van der Waals surface area (Å²) in [7, 11) is 0. The maximum atomic E-state index is 11.9. The van der Waals surface area contributed by atoms with Crippen LogP contribution in [0, 0.1) is 5.92 Å². The SMILES string of the molecule is CC(=O)N1CCC(C(=O)N[C@H](C(=O)O)[C@@H](C)O)CC1. The Morgan fingerprint density at radius 1 is 1.26 bits per heavy atom. The molecular weight excluding hydrogens is 252 g/mol. The van der Waals surface area contributed by atoms with E-state index in [9.17, 15) is 19.5 Å². The van der Waals surface area contributed by atoms with Crippen molar-refractivity contribution in [3.8, 4) is 0 Å². The van der Waals surface area contributed by atoms with Gasteiger partial charge >= 0.3 is 5.97 Å². The molecule has 7 nitrogen and oxygen atoms in total. The lowest BCUT2D eigenvalue weighted by molar-refractivity contribution is -0.145. The summed E-state index contributed by atoms with van der Waals surface area (Å²) in [4.78, 5) is 35.6. The third kappa shape index (κ3) is 4.20. The van der Waals surface area contributed by atoms with Crippen LogP contribution in [0.5, 0.6) is 0 Å². The van der Waals surface area contributed by atoms with E-state index in [0.717, 1.165) is 0 Å². The minimum absolute atomic E-state index is 0.0220. The van der Waals surface area contributed by atoms with Crippen LogP contribution in [0.25, 0.3) is 0 Å². The van der Waals surface area contributed by atoms with Crippen LogP contribution in [0.4, 0.5) is 0 Å². The van der Waals surface area contributed by atoms with Gasteiger partial charge in [0.2, 0.25) is 11.8 Å². The van der Waals surface area contributed by atoms with Crippen LogP contribution >= 0.6 is 0 Å². The van der Waals surface area contributed by atoms with E-state index in [-0.39, 0.29) is 17.7 Å². The molecule has 1 aliphatic heterocycles. The van der Waals surface area contributed by atoms with Gasteiger partial charge in [0.25, 0.3) is 0 Å². The van der Waals surface area contributed by atoms with Gasteiger partial charge in [-0.15, -0.1) is 0 Å². The molecule has 3 N–H and O–H groups in total. The molecule has 0 bridgehead atoms. The minimum Gasteiger partial charge on any atom is -0.480 e. The summed E-state index contributed by atoms with van der Waals surface area (Å²) in [5.41, 5.74) is 0. The summed E-state index contributed by atoms with van der Waals surface area (Å²) in [6.07, 6.45) is -0.131. The van der Waals surface area contributed by atoms with Crippen LogP contribution in [-0.4, -0.2) is 58.1 Å². The van der Waals surface area contributed by atoms with Crippen molar-refractivity contribution in [2.45, 2.75) is 38.8 Å². The molecule has 2 amide bonds. The number of aliphatic hydroxyl groups excluding tert-OH is 1. The first-order valence-corrected chi connectivity index (χ1v) is 6.29. The molecule has 0 saturated carbocycles. The fraction of sp³-hybridized carbons (Fsp3) is 0.750. The highest BCUT2D eigenvalue weighted by Crippen LogP contribution is 2.17. The number of aliphatic carboxylic acids is 1. The maximum Gasteiger partial charge on any atom is 0.328 e. The van der Waals surface area contributed by atoms with E-state index >= 15 is 0 Å². The number of rotatable bonds is 4. The topological polar surface area (TPSA) is 107 Å². The monoisotopic (exact) mass is 272 g/mol. The van der Waals surface area contributed by atoms with E-state index < -0.39 is 18.1 Å². The average Bonchev–Trinajstić information content (AvgIpc) is 2.34. The fourth-order valence-electron chi connectivity index (χ4n) is 2.12. The molecule has 108 valence electrons. The lowest BCUT2D eigenvalue weighted by atomic mass is 9.95. The summed E-state index contributed by atoms with van der Waals surface area (Å²) in [6.45, 7) is 3.80. The van der Waals surface area contributed by atoms with Crippen LogP contribution in [0.3, 0.4) is 0 Å². The quantitative estimate of drug-likeness (QED) is 0.621. The molecule has 1 rings (SSSR count). The number of hydrogen-bond donors (Lipinski definition) is 3. The van der Waals surface area contributed by atoms with Crippen molar-refractivity contribution in [2.24, 2.45) is 5.92 Å². The van der Waals surface area contributed by atoms with Crippen molar-refractivity contribution in [1.82, 2.24) is 10.2 Å². The molecule has 1 fully saturated rings. The smallest absolute Gasteiger partial charge is 0.328 e. The largest absolute Gasteiger partial charge is 0.480 e. The normalized spacial score (nSPS) is 19.6. The Hall–Kier alpha value is -1.63.